The van der Waals surface area contributed by atoms with Crippen LogP contribution in [0.3, 0.4) is 0 Å². The maximum absolute atomic E-state index is 12.5. The summed E-state index contributed by atoms with van der Waals surface area (Å²) in [6.45, 7) is 6.57. The minimum Gasteiger partial charge on any atom is -0.493 e. The molecule has 1 aliphatic carbocycles. The minimum absolute atomic E-state index is 0.257. The van der Waals surface area contributed by atoms with E-state index in [1.54, 1.807) is 23.5 Å². The van der Waals surface area contributed by atoms with Crippen LogP contribution in [-0.4, -0.2) is 28.3 Å². The molecule has 1 unspecified atom stereocenters. The van der Waals surface area contributed by atoms with Gasteiger partial charge in [0.2, 0.25) is 11.5 Å². The van der Waals surface area contributed by atoms with Gasteiger partial charge >= 0.3 is 5.97 Å². The summed E-state index contributed by atoms with van der Waals surface area (Å²) in [7, 11) is 0. The zero-order chi connectivity index (χ0) is 30.9. The highest BCUT2D eigenvalue weighted by Gasteiger charge is 2.40. The van der Waals surface area contributed by atoms with E-state index in [0.717, 1.165) is 41.9 Å². The number of nitrogens with zero attached hydrogens (tertiary/aromatic N) is 1. The van der Waals surface area contributed by atoms with Crippen molar-refractivity contribution < 1.29 is 23.8 Å². The van der Waals surface area contributed by atoms with Crippen molar-refractivity contribution in [2.75, 3.05) is 6.61 Å². The van der Waals surface area contributed by atoms with Gasteiger partial charge in [-0.2, -0.15) is 0 Å². The van der Waals surface area contributed by atoms with Gasteiger partial charge in [0.05, 0.1) is 12.3 Å². The monoisotopic (exact) mass is 609 g/mol. The number of hydrogen-bond acceptors (Lipinski definition) is 6. The number of ether oxygens (including phenoxy) is 2. The second kappa shape index (κ2) is 14.4. The SMILES string of the molecule is CCCCC(Cc1ccc(OCCc2nc(C3=CC=C(C)C(c4cccs4)=CC3)oc2C)cc1)(Oc1ccccc1)C(=O)O. The Kier molecular flexibility index (Phi) is 10.2. The number of oxazole rings is 1. The number of carbonyl (C=O) groups is 1. The van der Waals surface area contributed by atoms with Crippen LogP contribution in [0.5, 0.6) is 11.5 Å². The second-order valence-electron chi connectivity index (χ2n) is 11.1. The molecule has 2 aromatic carbocycles. The van der Waals surface area contributed by atoms with Crippen LogP contribution in [0.1, 0.15) is 67.3 Å². The molecule has 2 aromatic heterocycles. The summed E-state index contributed by atoms with van der Waals surface area (Å²) in [5, 5.41) is 12.4. The molecule has 4 aromatic rings. The van der Waals surface area contributed by atoms with Crippen LogP contribution in [0.4, 0.5) is 0 Å². The Morgan fingerprint density at radius 2 is 1.82 bits per heavy atom. The highest BCUT2D eigenvalue weighted by atomic mass is 32.1. The number of benzene rings is 2. The van der Waals surface area contributed by atoms with Crippen LogP contribution in [-0.2, 0) is 17.6 Å². The van der Waals surface area contributed by atoms with Crippen molar-refractivity contribution in [3.63, 3.8) is 0 Å². The van der Waals surface area contributed by atoms with Gasteiger partial charge in [-0.25, -0.2) is 9.78 Å². The van der Waals surface area contributed by atoms with Crippen molar-refractivity contribution in [3.05, 3.63) is 124 Å². The third kappa shape index (κ3) is 7.58. The van der Waals surface area contributed by atoms with E-state index in [0.29, 0.717) is 36.8 Å². The van der Waals surface area contributed by atoms with Gasteiger partial charge in [-0.3, -0.25) is 0 Å². The van der Waals surface area contributed by atoms with Gasteiger partial charge in [-0.15, -0.1) is 11.3 Å². The zero-order valence-electron chi connectivity index (χ0n) is 25.5. The fraction of sp³-hybridized carbons (Fsp3) is 0.297. The summed E-state index contributed by atoms with van der Waals surface area (Å²) < 4.78 is 18.3. The molecular formula is C37H39NO5S. The number of aliphatic carboxylic acids is 1. The Balaban J connectivity index is 1.20. The van der Waals surface area contributed by atoms with E-state index in [9.17, 15) is 9.90 Å². The summed E-state index contributed by atoms with van der Waals surface area (Å²) in [5.41, 5.74) is 3.95. The van der Waals surface area contributed by atoms with E-state index >= 15 is 0 Å². The lowest BCUT2D eigenvalue weighted by Gasteiger charge is -2.31. The lowest BCUT2D eigenvalue weighted by atomic mass is 9.89. The molecule has 0 saturated carbocycles. The lowest BCUT2D eigenvalue weighted by Crippen LogP contribution is -2.46. The number of carboxylic acids is 1. The molecule has 0 amide bonds. The zero-order valence-corrected chi connectivity index (χ0v) is 26.4. The molecule has 7 heteroatoms. The van der Waals surface area contributed by atoms with Gasteiger partial charge in [0.25, 0.3) is 0 Å². The molecule has 1 N–H and O–H groups in total. The Hall–Kier alpha value is -4.36. The molecule has 1 aliphatic rings. The van der Waals surface area contributed by atoms with Gasteiger partial charge < -0.3 is 19.0 Å². The third-order valence-corrected chi connectivity index (χ3v) is 8.74. The molecule has 228 valence electrons. The van der Waals surface area contributed by atoms with Crippen LogP contribution < -0.4 is 9.47 Å². The molecule has 0 fully saturated rings. The minimum atomic E-state index is -1.34. The summed E-state index contributed by atoms with van der Waals surface area (Å²) >= 11 is 1.75. The number of para-hydroxylation sites is 1. The Morgan fingerprint density at radius 1 is 1.02 bits per heavy atom. The fourth-order valence-corrected chi connectivity index (χ4v) is 6.15. The van der Waals surface area contributed by atoms with Crippen LogP contribution in [0.25, 0.3) is 11.1 Å². The second-order valence-corrected chi connectivity index (χ2v) is 12.0. The smallest absolute Gasteiger partial charge is 0.348 e. The number of aromatic nitrogens is 1. The van der Waals surface area contributed by atoms with Crippen LogP contribution >= 0.6 is 11.3 Å². The number of carboxylic acid groups (broad SMARTS) is 1. The van der Waals surface area contributed by atoms with Crippen molar-refractivity contribution in [1.82, 2.24) is 4.98 Å². The molecular weight excluding hydrogens is 570 g/mol. The summed E-state index contributed by atoms with van der Waals surface area (Å²) in [4.78, 5) is 18.6. The Morgan fingerprint density at radius 3 is 2.52 bits per heavy atom. The predicted octanol–water partition coefficient (Wildman–Crippen LogP) is 9.12. The van der Waals surface area contributed by atoms with E-state index in [2.05, 4.69) is 49.6 Å². The first-order valence-electron chi connectivity index (χ1n) is 15.1. The van der Waals surface area contributed by atoms with E-state index in [1.165, 1.54) is 16.0 Å². The number of allylic oxidation sites excluding steroid dienone is 6. The van der Waals surface area contributed by atoms with E-state index in [1.807, 2.05) is 49.4 Å². The van der Waals surface area contributed by atoms with Gasteiger partial charge in [0.15, 0.2) is 0 Å². The first kappa shape index (κ1) is 31.1. The normalized spacial score (nSPS) is 14.6. The predicted molar refractivity (Wildman–Crippen MR) is 176 cm³/mol. The number of hydrogen-bond donors (Lipinski definition) is 1. The standard InChI is InChI=1S/C37H39NO5S/c1-4-5-22-37(36(39)40,43-31-10-7-6-8-11-31)25-28-14-18-30(19-15-28)41-23-21-33-27(3)42-35(38-33)29-16-13-26(2)32(20-17-29)34-12-9-24-44-34/h6-16,18-20,24H,4-5,17,21-23,25H2,1-3H3,(H,39,40). The quantitative estimate of drug-likeness (QED) is 0.154. The average Bonchev–Trinajstić information content (AvgIpc) is 3.64. The Bertz CT molecular complexity index is 1630. The maximum Gasteiger partial charge on any atom is 0.348 e. The first-order chi connectivity index (χ1) is 21.4. The average molecular weight is 610 g/mol. The summed E-state index contributed by atoms with van der Waals surface area (Å²) in [6, 6.07) is 21.0. The molecule has 44 heavy (non-hydrogen) atoms. The Labute approximate surface area is 263 Å². The highest BCUT2D eigenvalue weighted by Crippen LogP contribution is 2.33. The van der Waals surface area contributed by atoms with Gasteiger partial charge in [0.1, 0.15) is 17.3 Å². The topological polar surface area (TPSA) is 81.8 Å². The lowest BCUT2D eigenvalue weighted by molar-refractivity contribution is -0.156. The molecule has 0 radical (unpaired) electrons. The van der Waals surface area contributed by atoms with Crippen LogP contribution in [0.15, 0.2) is 100 Å². The summed E-state index contributed by atoms with van der Waals surface area (Å²) in [5.74, 6) is 1.76. The van der Waals surface area contributed by atoms with Crippen molar-refractivity contribution in [2.45, 2.75) is 64.9 Å². The summed E-state index contributed by atoms with van der Waals surface area (Å²) in [6.07, 6.45) is 10.2. The molecule has 6 nitrogen and oxygen atoms in total. The molecule has 0 spiro atoms. The molecule has 1 atom stereocenters. The molecule has 0 aliphatic heterocycles. The molecule has 0 saturated heterocycles. The third-order valence-electron chi connectivity index (χ3n) is 7.84. The van der Waals surface area contributed by atoms with Crippen molar-refractivity contribution in [2.24, 2.45) is 0 Å². The highest BCUT2D eigenvalue weighted by molar-refractivity contribution is 7.11. The van der Waals surface area contributed by atoms with Crippen LogP contribution in [0, 0.1) is 6.92 Å². The molecule has 2 heterocycles. The maximum atomic E-state index is 12.5. The van der Waals surface area contributed by atoms with Gasteiger partial charge in [-0.05, 0) is 85.5 Å². The largest absolute Gasteiger partial charge is 0.493 e. The molecule has 5 rings (SSSR count). The van der Waals surface area contributed by atoms with E-state index in [-0.39, 0.29) is 6.42 Å². The fourth-order valence-electron chi connectivity index (χ4n) is 5.32. The number of aryl methyl sites for hydroxylation is 1. The number of rotatable bonds is 14. The van der Waals surface area contributed by atoms with Crippen molar-refractivity contribution in [3.8, 4) is 11.5 Å². The first-order valence-corrected chi connectivity index (χ1v) is 16.0. The number of unbranched alkanes of at least 4 members (excludes halogenated alkanes) is 1. The van der Waals surface area contributed by atoms with Gasteiger partial charge in [0, 0.05) is 23.3 Å². The van der Waals surface area contributed by atoms with E-state index in [4.69, 9.17) is 18.9 Å². The van der Waals surface area contributed by atoms with Gasteiger partial charge in [-0.1, -0.05) is 68.0 Å². The van der Waals surface area contributed by atoms with Crippen LogP contribution in [0.2, 0.25) is 0 Å². The van der Waals surface area contributed by atoms with E-state index < -0.39 is 11.6 Å². The number of thiophene rings is 1. The van der Waals surface area contributed by atoms with Crippen molar-refractivity contribution in [1.29, 1.82) is 0 Å². The molecule has 0 bridgehead atoms. The van der Waals surface area contributed by atoms with Crippen molar-refractivity contribution >= 4 is 28.5 Å².